The summed E-state index contributed by atoms with van der Waals surface area (Å²) in [7, 11) is 0. The molecule has 0 unspecified atom stereocenters. The number of nitrogens with zero attached hydrogens (tertiary/aromatic N) is 1. The lowest BCUT2D eigenvalue weighted by Gasteiger charge is -2.11. The Bertz CT molecular complexity index is 649. The zero-order valence-electron chi connectivity index (χ0n) is 13.2. The molecule has 4 nitrogen and oxygen atoms in total. The molecule has 118 valence electrons. The van der Waals surface area contributed by atoms with E-state index in [9.17, 15) is 4.39 Å². The van der Waals surface area contributed by atoms with Crippen molar-refractivity contribution in [2.75, 3.05) is 6.54 Å². The maximum absolute atomic E-state index is 13.2. The molecule has 0 fully saturated rings. The van der Waals surface area contributed by atoms with E-state index in [0.29, 0.717) is 19.0 Å². The summed E-state index contributed by atoms with van der Waals surface area (Å²) in [6.45, 7) is 7.71. The summed E-state index contributed by atoms with van der Waals surface area (Å²) in [5.74, 6) is 2.27. The quantitative estimate of drug-likeness (QED) is 0.658. The number of benzene rings is 1. The average molecular weight is 303 g/mol. The van der Waals surface area contributed by atoms with Crippen LogP contribution in [0.4, 0.5) is 4.39 Å². The number of aryl methyl sites for hydroxylation is 2. The number of hydrogen-bond donors (Lipinski definition) is 2. The van der Waals surface area contributed by atoms with E-state index in [0.717, 1.165) is 29.2 Å². The molecule has 0 saturated heterocycles. The summed E-state index contributed by atoms with van der Waals surface area (Å²) < 4.78 is 18.7. The maximum atomic E-state index is 13.2. The van der Waals surface area contributed by atoms with Gasteiger partial charge in [0.2, 0.25) is 0 Å². The highest BCUT2D eigenvalue weighted by Crippen LogP contribution is 2.13. The van der Waals surface area contributed by atoms with Crippen molar-refractivity contribution in [2.24, 2.45) is 4.99 Å². The number of guanidine groups is 1. The smallest absolute Gasteiger partial charge is 0.191 e. The molecule has 0 radical (unpaired) electrons. The fraction of sp³-hybridized carbons (Fsp3) is 0.353. The van der Waals surface area contributed by atoms with Gasteiger partial charge in [0.15, 0.2) is 5.96 Å². The number of nitrogens with one attached hydrogen (secondary N) is 2. The highest BCUT2D eigenvalue weighted by Gasteiger charge is 2.05. The fourth-order valence-corrected chi connectivity index (χ4v) is 2.19. The van der Waals surface area contributed by atoms with Gasteiger partial charge in [0.25, 0.3) is 0 Å². The molecule has 2 rings (SSSR count). The molecule has 1 aromatic heterocycles. The Morgan fingerprint density at radius 2 is 2.05 bits per heavy atom. The zero-order valence-corrected chi connectivity index (χ0v) is 13.2. The van der Waals surface area contributed by atoms with Gasteiger partial charge in [0, 0.05) is 18.7 Å². The first-order chi connectivity index (χ1) is 10.6. The van der Waals surface area contributed by atoms with E-state index in [1.165, 1.54) is 12.1 Å². The van der Waals surface area contributed by atoms with Gasteiger partial charge in [0.1, 0.15) is 17.3 Å². The number of aliphatic imine (C=N–C) groups is 1. The molecule has 0 spiro atoms. The lowest BCUT2D eigenvalue weighted by molar-refractivity contribution is 0.500. The zero-order chi connectivity index (χ0) is 15.9. The Balaban J connectivity index is 1.99. The normalized spacial score (nSPS) is 11.5. The molecular formula is C17H22FN3O. The molecule has 0 saturated carbocycles. The molecule has 22 heavy (non-hydrogen) atoms. The van der Waals surface area contributed by atoms with Crippen molar-refractivity contribution in [3.05, 3.63) is 58.8 Å². The van der Waals surface area contributed by atoms with E-state index in [1.54, 1.807) is 6.07 Å². The minimum Gasteiger partial charge on any atom is -0.466 e. The summed E-state index contributed by atoms with van der Waals surface area (Å²) in [5, 5.41) is 6.44. The van der Waals surface area contributed by atoms with Crippen molar-refractivity contribution in [3.63, 3.8) is 0 Å². The van der Waals surface area contributed by atoms with Crippen molar-refractivity contribution >= 4 is 5.96 Å². The molecule has 2 aromatic rings. The molecule has 0 aliphatic carbocycles. The lowest BCUT2D eigenvalue weighted by Crippen LogP contribution is -2.36. The van der Waals surface area contributed by atoms with Crippen LogP contribution in [0.2, 0.25) is 0 Å². The second kappa shape index (κ2) is 7.64. The summed E-state index contributed by atoms with van der Waals surface area (Å²) >= 11 is 0. The van der Waals surface area contributed by atoms with Crippen LogP contribution in [0.3, 0.4) is 0 Å². The topological polar surface area (TPSA) is 49.6 Å². The maximum Gasteiger partial charge on any atom is 0.191 e. The van der Waals surface area contributed by atoms with E-state index in [2.05, 4.69) is 15.6 Å². The van der Waals surface area contributed by atoms with Gasteiger partial charge in [-0.2, -0.15) is 0 Å². The van der Waals surface area contributed by atoms with Gasteiger partial charge in [-0.1, -0.05) is 12.1 Å². The van der Waals surface area contributed by atoms with Crippen LogP contribution in [-0.2, 0) is 13.1 Å². The van der Waals surface area contributed by atoms with Crippen LogP contribution in [0, 0.1) is 19.7 Å². The third-order valence-corrected chi connectivity index (χ3v) is 3.24. The lowest BCUT2D eigenvalue weighted by atomic mass is 10.2. The highest BCUT2D eigenvalue weighted by molar-refractivity contribution is 5.79. The predicted molar refractivity (Wildman–Crippen MR) is 86.2 cm³/mol. The van der Waals surface area contributed by atoms with Crippen molar-refractivity contribution in [2.45, 2.75) is 33.9 Å². The SMILES string of the molecule is CCNC(=NCc1cccc(F)c1)NCc1cc(C)oc1C. The van der Waals surface area contributed by atoms with E-state index in [1.807, 2.05) is 32.9 Å². The first-order valence-corrected chi connectivity index (χ1v) is 7.41. The molecule has 1 heterocycles. The van der Waals surface area contributed by atoms with E-state index < -0.39 is 0 Å². The van der Waals surface area contributed by atoms with Crippen LogP contribution >= 0.6 is 0 Å². The molecule has 1 aromatic carbocycles. The Kier molecular flexibility index (Phi) is 5.58. The fourth-order valence-electron chi connectivity index (χ4n) is 2.19. The van der Waals surface area contributed by atoms with Crippen molar-refractivity contribution in [1.82, 2.24) is 10.6 Å². The predicted octanol–water partition coefficient (Wildman–Crippen LogP) is 3.29. The standard InChI is InChI=1S/C17H22FN3O/c1-4-19-17(20-10-14-6-5-7-16(18)9-14)21-11-15-8-12(2)22-13(15)3/h5-9H,4,10-11H2,1-3H3,(H2,19,20,21). The largest absolute Gasteiger partial charge is 0.466 e. The van der Waals surface area contributed by atoms with Gasteiger partial charge in [-0.25, -0.2) is 9.38 Å². The number of furan rings is 1. The number of hydrogen-bond acceptors (Lipinski definition) is 2. The van der Waals surface area contributed by atoms with E-state index >= 15 is 0 Å². The second-order valence-corrected chi connectivity index (χ2v) is 5.12. The van der Waals surface area contributed by atoms with Crippen molar-refractivity contribution in [3.8, 4) is 0 Å². The summed E-state index contributed by atoms with van der Waals surface area (Å²) in [5.41, 5.74) is 1.95. The molecular weight excluding hydrogens is 281 g/mol. The minimum absolute atomic E-state index is 0.241. The van der Waals surface area contributed by atoms with E-state index in [4.69, 9.17) is 4.42 Å². The van der Waals surface area contributed by atoms with Crippen LogP contribution in [0.5, 0.6) is 0 Å². The number of rotatable bonds is 5. The molecule has 5 heteroatoms. The average Bonchev–Trinajstić information content (AvgIpc) is 2.80. The van der Waals surface area contributed by atoms with Crippen LogP contribution in [0.1, 0.15) is 29.6 Å². The minimum atomic E-state index is -0.241. The van der Waals surface area contributed by atoms with Crippen molar-refractivity contribution in [1.29, 1.82) is 0 Å². The van der Waals surface area contributed by atoms with Gasteiger partial charge in [0.05, 0.1) is 6.54 Å². The van der Waals surface area contributed by atoms with Gasteiger partial charge in [-0.05, 0) is 44.5 Å². The molecule has 0 aliphatic heterocycles. The molecule has 0 atom stereocenters. The van der Waals surface area contributed by atoms with Gasteiger partial charge < -0.3 is 15.1 Å². The van der Waals surface area contributed by atoms with Crippen molar-refractivity contribution < 1.29 is 8.81 Å². The van der Waals surface area contributed by atoms with Gasteiger partial charge in [-0.15, -0.1) is 0 Å². The highest BCUT2D eigenvalue weighted by atomic mass is 19.1. The third kappa shape index (κ3) is 4.62. The Morgan fingerprint density at radius 1 is 1.23 bits per heavy atom. The second-order valence-electron chi connectivity index (χ2n) is 5.12. The van der Waals surface area contributed by atoms with Crippen LogP contribution in [0.25, 0.3) is 0 Å². The van der Waals surface area contributed by atoms with Gasteiger partial charge in [-0.3, -0.25) is 0 Å². The third-order valence-electron chi connectivity index (χ3n) is 3.24. The van der Waals surface area contributed by atoms with Crippen LogP contribution in [-0.4, -0.2) is 12.5 Å². The molecule has 2 N–H and O–H groups in total. The first kappa shape index (κ1) is 16.1. The summed E-state index contributed by atoms with van der Waals surface area (Å²) in [4.78, 5) is 4.47. The molecule has 0 aliphatic rings. The summed E-state index contributed by atoms with van der Waals surface area (Å²) in [6.07, 6.45) is 0. The van der Waals surface area contributed by atoms with Crippen LogP contribution < -0.4 is 10.6 Å². The Morgan fingerprint density at radius 3 is 2.68 bits per heavy atom. The van der Waals surface area contributed by atoms with E-state index in [-0.39, 0.29) is 5.82 Å². The molecule has 0 amide bonds. The molecule has 0 bridgehead atoms. The summed E-state index contributed by atoms with van der Waals surface area (Å²) in [6, 6.07) is 8.49. The Hall–Kier alpha value is -2.30. The Labute approximate surface area is 130 Å². The van der Waals surface area contributed by atoms with Gasteiger partial charge >= 0.3 is 0 Å². The van der Waals surface area contributed by atoms with Crippen LogP contribution in [0.15, 0.2) is 39.7 Å². The monoisotopic (exact) mass is 303 g/mol. The number of halogens is 1. The first-order valence-electron chi connectivity index (χ1n) is 7.41.